The van der Waals surface area contributed by atoms with Crippen LogP contribution in [-0.2, 0) is 16.1 Å². The molecule has 5 heteroatoms. The highest BCUT2D eigenvalue weighted by atomic mass is 19.1. The standard InChI is InChI=1S/C18H15FN2O2/c1-23-17(22)12-21-11-16(13-7-9-15(19)10-8-13)20-18(21)14-5-3-2-4-6-14/h2-11H,12H2,1H3. The second kappa shape index (κ2) is 6.44. The fourth-order valence-corrected chi connectivity index (χ4v) is 2.32. The maximum Gasteiger partial charge on any atom is 0.325 e. The average molecular weight is 310 g/mol. The number of halogens is 1. The van der Waals surface area contributed by atoms with E-state index in [2.05, 4.69) is 4.98 Å². The molecule has 116 valence electrons. The van der Waals surface area contributed by atoms with Crippen LogP contribution in [0.25, 0.3) is 22.6 Å². The molecular weight excluding hydrogens is 295 g/mol. The van der Waals surface area contributed by atoms with Gasteiger partial charge < -0.3 is 9.30 Å². The Hall–Kier alpha value is -2.95. The van der Waals surface area contributed by atoms with Gasteiger partial charge in [0.05, 0.1) is 12.8 Å². The number of ether oxygens (including phenoxy) is 1. The molecule has 1 heterocycles. The molecule has 0 saturated carbocycles. The number of hydrogen-bond donors (Lipinski definition) is 0. The van der Waals surface area contributed by atoms with Gasteiger partial charge in [0.2, 0.25) is 0 Å². The Kier molecular flexibility index (Phi) is 4.19. The van der Waals surface area contributed by atoms with Gasteiger partial charge in [-0.05, 0) is 24.3 Å². The summed E-state index contributed by atoms with van der Waals surface area (Å²) in [4.78, 5) is 16.2. The van der Waals surface area contributed by atoms with Gasteiger partial charge in [-0.25, -0.2) is 9.37 Å². The maximum atomic E-state index is 13.1. The zero-order valence-electron chi connectivity index (χ0n) is 12.6. The van der Waals surface area contributed by atoms with Gasteiger partial charge in [-0.2, -0.15) is 0 Å². The number of imidazole rings is 1. The molecule has 4 nitrogen and oxygen atoms in total. The van der Waals surface area contributed by atoms with E-state index in [4.69, 9.17) is 4.74 Å². The van der Waals surface area contributed by atoms with E-state index in [1.54, 1.807) is 22.9 Å². The van der Waals surface area contributed by atoms with Gasteiger partial charge in [-0.1, -0.05) is 30.3 Å². The van der Waals surface area contributed by atoms with Crippen LogP contribution in [0.2, 0.25) is 0 Å². The van der Waals surface area contributed by atoms with Crippen molar-refractivity contribution in [2.75, 3.05) is 7.11 Å². The van der Waals surface area contributed by atoms with Crippen molar-refractivity contribution in [3.63, 3.8) is 0 Å². The number of esters is 1. The fourth-order valence-electron chi connectivity index (χ4n) is 2.32. The first-order valence-electron chi connectivity index (χ1n) is 7.13. The molecule has 2 aromatic carbocycles. The van der Waals surface area contributed by atoms with Gasteiger partial charge in [0.25, 0.3) is 0 Å². The monoisotopic (exact) mass is 310 g/mol. The summed E-state index contributed by atoms with van der Waals surface area (Å²) in [7, 11) is 1.35. The van der Waals surface area contributed by atoms with Gasteiger partial charge in [-0.3, -0.25) is 4.79 Å². The number of nitrogens with zero attached hydrogens (tertiary/aromatic N) is 2. The molecule has 3 rings (SSSR count). The molecular formula is C18H15FN2O2. The third-order valence-corrected chi connectivity index (χ3v) is 3.48. The molecule has 0 saturated heterocycles. The highest BCUT2D eigenvalue weighted by molar-refractivity contribution is 5.72. The quantitative estimate of drug-likeness (QED) is 0.692. The van der Waals surface area contributed by atoms with Crippen molar-refractivity contribution in [2.24, 2.45) is 0 Å². The topological polar surface area (TPSA) is 44.1 Å². The lowest BCUT2D eigenvalue weighted by Crippen LogP contribution is -2.11. The van der Waals surface area contributed by atoms with Crippen LogP contribution in [-0.4, -0.2) is 22.6 Å². The maximum absolute atomic E-state index is 13.1. The SMILES string of the molecule is COC(=O)Cn1cc(-c2ccc(F)cc2)nc1-c1ccccc1. The third-order valence-electron chi connectivity index (χ3n) is 3.48. The summed E-state index contributed by atoms with van der Waals surface area (Å²) in [6, 6.07) is 15.7. The Labute approximate surface area is 133 Å². The predicted octanol–water partition coefficient (Wildman–Crippen LogP) is 3.53. The molecule has 0 unspecified atom stereocenters. The minimum Gasteiger partial charge on any atom is -0.468 e. The number of carbonyl (C=O) groups excluding carboxylic acids is 1. The van der Waals surface area contributed by atoms with Crippen LogP contribution in [0.15, 0.2) is 60.8 Å². The number of rotatable bonds is 4. The second-order valence-electron chi connectivity index (χ2n) is 5.03. The van der Waals surface area contributed by atoms with Crippen LogP contribution in [0.5, 0.6) is 0 Å². The summed E-state index contributed by atoms with van der Waals surface area (Å²) in [5.74, 6) is 0.00610. The van der Waals surface area contributed by atoms with E-state index in [0.717, 1.165) is 11.1 Å². The number of methoxy groups -OCH3 is 1. The van der Waals surface area contributed by atoms with Crippen molar-refractivity contribution in [3.05, 3.63) is 66.6 Å². The van der Waals surface area contributed by atoms with Gasteiger partial charge >= 0.3 is 5.97 Å². The van der Waals surface area contributed by atoms with Crippen LogP contribution in [0.3, 0.4) is 0 Å². The lowest BCUT2D eigenvalue weighted by Gasteiger charge is -2.05. The predicted molar refractivity (Wildman–Crippen MR) is 85.1 cm³/mol. The molecule has 0 aliphatic rings. The van der Waals surface area contributed by atoms with E-state index in [0.29, 0.717) is 11.5 Å². The minimum atomic E-state index is -0.356. The van der Waals surface area contributed by atoms with Crippen LogP contribution < -0.4 is 0 Å². The number of carbonyl (C=O) groups is 1. The number of hydrogen-bond acceptors (Lipinski definition) is 3. The van der Waals surface area contributed by atoms with E-state index < -0.39 is 0 Å². The van der Waals surface area contributed by atoms with Gasteiger partial charge in [0, 0.05) is 17.3 Å². The largest absolute Gasteiger partial charge is 0.468 e. The van der Waals surface area contributed by atoms with Crippen LogP contribution in [0.1, 0.15) is 0 Å². The minimum absolute atomic E-state index is 0.0644. The molecule has 0 atom stereocenters. The molecule has 0 fully saturated rings. The van der Waals surface area contributed by atoms with Crippen molar-refractivity contribution < 1.29 is 13.9 Å². The molecule has 0 aliphatic heterocycles. The molecule has 0 spiro atoms. The Morgan fingerprint density at radius 3 is 2.43 bits per heavy atom. The van der Waals surface area contributed by atoms with Crippen molar-refractivity contribution in [2.45, 2.75) is 6.54 Å². The molecule has 0 bridgehead atoms. The van der Waals surface area contributed by atoms with Crippen molar-refractivity contribution in [1.29, 1.82) is 0 Å². The zero-order valence-corrected chi connectivity index (χ0v) is 12.6. The zero-order chi connectivity index (χ0) is 16.2. The number of benzene rings is 2. The Morgan fingerprint density at radius 1 is 1.09 bits per heavy atom. The van der Waals surface area contributed by atoms with E-state index in [-0.39, 0.29) is 18.3 Å². The number of aromatic nitrogens is 2. The Morgan fingerprint density at radius 2 is 1.78 bits per heavy atom. The Bertz CT molecular complexity index is 811. The molecule has 23 heavy (non-hydrogen) atoms. The average Bonchev–Trinajstić information content (AvgIpc) is 3.00. The van der Waals surface area contributed by atoms with Crippen LogP contribution in [0.4, 0.5) is 4.39 Å². The van der Waals surface area contributed by atoms with E-state index in [1.807, 2.05) is 30.3 Å². The van der Waals surface area contributed by atoms with Gasteiger partial charge in [-0.15, -0.1) is 0 Å². The lowest BCUT2D eigenvalue weighted by molar-refractivity contribution is -0.141. The summed E-state index contributed by atoms with van der Waals surface area (Å²) in [5, 5.41) is 0. The van der Waals surface area contributed by atoms with E-state index in [1.165, 1.54) is 19.2 Å². The Balaban J connectivity index is 2.06. The first-order valence-corrected chi connectivity index (χ1v) is 7.13. The molecule has 0 amide bonds. The summed E-state index contributed by atoms with van der Waals surface area (Å²) < 4.78 is 19.6. The summed E-state index contributed by atoms with van der Waals surface area (Å²) >= 11 is 0. The molecule has 1 aromatic heterocycles. The first-order chi connectivity index (χ1) is 11.2. The summed E-state index contributed by atoms with van der Waals surface area (Å²) in [5.41, 5.74) is 2.35. The molecule has 0 radical (unpaired) electrons. The fraction of sp³-hybridized carbons (Fsp3) is 0.111. The van der Waals surface area contributed by atoms with Crippen molar-refractivity contribution >= 4 is 5.97 Å². The van der Waals surface area contributed by atoms with E-state index >= 15 is 0 Å². The highest BCUT2D eigenvalue weighted by Crippen LogP contribution is 2.25. The van der Waals surface area contributed by atoms with Gasteiger partial charge in [0.1, 0.15) is 18.2 Å². The lowest BCUT2D eigenvalue weighted by atomic mass is 10.2. The molecule has 3 aromatic rings. The van der Waals surface area contributed by atoms with Crippen LogP contribution >= 0.6 is 0 Å². The summed E-state index contributed by atoms with van der Waals surface area (Å²) in [6.07, 6.45) is 1.77. The van der Waals surface area contributed by atoms with E-state index in [9.17, 15) is 9.18 Å². The normalized spacial score (nSPS) is 10.5. The molecule has 0 aliphatic carbocycles. The van der Waals surface area contributed by atoms with Crippen LogP contribution in [0, 0.1) is 5.82 Å². The van der Waals surface area contributed by atoms with Crippen molar-refractivity contribution in [3.8, 4) is 22.6 Å². The highest BCUT2D eigenvalue weighted by Gasteiger charge is 2.14. The smallest absolute Gasteiger partial charge is 0.325 e. The second-order valence-corrected chi connectivity index (χ2v) is 5.03. The first kappa shape index (κ1) is 15.0. The summed E-state index contributed by atoms with van der Waals surface area (Å²) in [6.45, 7) is 0.0644. The van der Waals surface area contributed by atoms with Crippen molar-refractivity contribution in [1.82, 2.24) is 9.55 Å². The molecule has 0 N–H and O–H groups in total. The third kappa shape index (κ3) is 3.29. The van der Waals surface area contributed by atoms with Gasteiger partial charge in [0.15, 0.2) is 0 Å².